The van der Waals surface area contributed by atoms with E-state index >= 15 is 0 Å². The first-order valence-corrected chi connectivity index (χ1v) is 6.73. The van der Waals surface area contributed by atoms with Crippen molar-refractivity contribution < 1.29 is 0 Å². The van der Waals surface area contributed by atoms with Crippen LogP contribution in [0, 0.1) is 6.92 Å². The Kier molecular flexibility index (Phi) is 5.47. The Morgan fingerprint density at radius 3 is 2.87 bits per heavy atom. The van der Waals surface area contributed by atoms with E-state index in [4.69, 9.17) is 0 Å². The molecule has 0 fully saturated rings. The van der Waals surface area contributed by atoms with Gasteiger partial charge in [0.15, 0.2) is 0 Å². The fourth-order valence-electron chi connectivity index (χ4n) is 1.33. The number of nitrogens with one attached hydrogen (secondary N) is 1. The highest BCUT2D eigenvalue weighted by atomic mass is 32.2. The molecule has 0 atom stereocenters. The number of nitrogens with zero attached hydrogens (tertiary/aromatic N) is 2. The summed E-state index contributed by atoms with van der Waals surface area (Å²) >= 11 is 1.87. The highest BCUT2D eigenvalue weighted by Gasteiger charge is 1.99. The van der Waals surface area contributed by atoms with Crippen LogP contribution < -0.4 is 5.32 Å². The monoisotopic (exact) mass is 225 g/mol. The van der Waals surface area contributed by atoms with E-state index in [9.17, 15) is 0 Å². The smallest absolute Gasteiger partial charge is 0.129 e. The van der Waals surface area contributed by atoms with E-state index in [-0.39, 0.29) is 0 Å². The molecule has 0 aromatic carbocycles. The summed E-state index contributed by atoms with van der Waals surface area (Å²) in [5.41, 5.74) is 1.11. The van der Waals surface area contributed by atoms with Gasteiger partial charge >= 0.3 is 0 Å². The average Bonchev–Trinajstić information content (AvgIpc) is 2.23. The molecule has 0 spiro atoms. The van der Waals surface area contributed by atoms with Crippen LogP contribution in [-0.2, 0) is 6.42 Å². The number of hydrogen-bond donors (Lipinski definition) is 1. The van der Waals surface area contributed by atoms with E-state index in [0.29, 0.717) is 0 Å². The lowest BCUT2D eigenvalue weighted by Gasteiger charge is -2.07. The van der Waals surface area contributed by atoms with Gasteiger partial charge in [-0.2, -0.15) is 11.8 Å². The maximum atomic E-state index is 4.35. The van der Waals surface area contributed by atoms with Gasteiger partial charge in [-0.3, -0.25) is 0 Å². The standard InChI is InChI=1S/C11H19N3S/c1-4-10-8-11(14-9(2)13-10)12-6-5-7-15-3/h8H,4-7H2,1-3H3,(H,12,13,14). The third-order valence-corrected chi connectivity index (χ3v) is 2.78. The summed E-state index contributed by atoms with van der Waals surface area (Å²) in [5.74, 6) is 3.00. The highest BCUT2D eigenvalue weighted by Crippen LogP contribution is 2.07. The van der Waals surface area contributed by atoms with E-state index in [1.54, 1.807) is 0 Å². The molecule has 0 bridgehead atoms. The van der Waals surface area contributed by atoms with E-state index in [1.807, 2.05) is 24.8 Å². The number of aromatic nitrogens is 2. The number of hydrogen-bond acceptors (Lipinski definition) is 4. The van der Waals surface area contributed by atoms with Crippen molar-refractivity contribution in [2.24, 2.45) is 0 Å². The molecule has 0 aliphatic carbocycles. The Balaban J connectivity index is 2.49. The quantitative estimate of drug-likeness (QED) is 0.755. The first kappa shape index (κ1) is 12.3. The number of anilines is 1. The molecule has 1 N–H and O–H groups in total. The Morgan fingerprint density at radius 1 is 1.40 bits per heavy atom. The van der Waals surface area contributed by atoms with Gasteiger partial charge in [0, 0.05) is 18.3 Å². The summed E-state index contributed by atoms with van der Waals surface area (Å²) in [6.45, 7) is 5.03. The Hall–Kier alpha value is -0.770. The van der Waals surface area contributed by atoms with E-state index in [0.717, 1.165) is 30.3 Å². The minimum atomic E-state index is 0.849. The van der Waals surface area contributed by atoms with Crippen LogP contribution in [0.1, 0.15) is 24.9 Å². The molecule has 0 unspecified atom stereocenters. The Bertz CT molecular complexity index is 302. The SMILES string of the molecule is CCc1cc(NCCCSC)nc(C)n1. The average molecular weight is 225 g/mol. The van der Waals surface area contributed by atoms with Gasteiger partial charge in [-0.1, -0.05) is 6.92 Å². The van der Waals surface area contributed by atoms with Crippen LogP contribution in [-0.4, -0.2) is 28.5 Å². The fourth-order valence-corrected chi connectivity index (χ4v) is 1.77. The number of rotatable bonds is 6. The molecular weight excluding hydrogens is 206 g/mol. The molecule has 0 amide bonds. The van der Waals surface area contributed by atoms with Gasteiger partial charge in [-0.25, -0.2) is 9.97 Å². The zero-order chi connectivity index (χ0) is 11.1. The van der Waals surface area contributed by atoms with Crippen molar-refractivity contribution in [3.8, 4) is 0 Å². The molecule has 84 valence electrons. The van der Waals surface area contributed by atoms with Crippen molar-refractivity contribution in [1.29, 1.82) is 0 Å². The predicted octanol–water partition coefficient (Wildman–Crippen LogP) is 2.51. The van der Waals surface area contributed by atoms with Gasteiger partial charge in [0.25, 0.3) is 0 Å². The summed E-state index contributed by atoms with van der Waals surface area (Å²) in [4.78, 5) is 8.69. The summed E-state index contributed by atoms with van der Waals surface area (Å²) in [5, 5.41) is 3.33. The van der Waals surface area contributed by atoms with Crippen molar-refractivity contribution in [2.75, 3.05) is 23.9 Å². The summed E-state index contributed by atoms with van der Waals surface area (Å²) in [6.07, 6.45) is 4.26. The molecule has 0 aliphatic heterocycles. The van der Waals surface area contributed by atoms with Crippen molar-refractivity contribution in [2.45, 2.75) is 26.7 Å². The van der Waals surface area contributed by atoms with Gasteiger partial charge in [-0.05, 0) is 31.8 Å². The maximum Gasteiger partial charge on any atom is 0.129 e. The number of thioether (sulfide) groups is 1. The third-order valence-electron chi connectivity index (χ3n) is 2.08. The molecular formula is C11H19N3S. The second-order valence-electron chi connectivity index (χ2n) is 3.42. The van der Waals surface area contributed by atoms with Crippen molar-refractivity contribution >= 4 is 17.6 Å². The minimum Gasteiger partial charge on any atom is -0.370 e. The zero-order valence-corrected chi connectivity index (χ0v) is 10.5. The molecule has 15 heavy (non-hydrogen) atoms. The van der Waals surface area contributed by atoms with Crippen molar-refractivity contribution in [3.63, 3.8) is 0 Å². The van der Waals surface area contributed by atoms with Crippen LogP contribution >= 0.6 is 11.8 Å². The number of aryl methyl sites for hydroxylation is 2. The van der Waals surface area contributed by atoms with Gasteiger partial charge in [0.05, 0.1) is 0 Å². The van der Waals surface area contributed by atoms with E-state index < -0.39 is 0 Å². The Labute approximate surface area is 96.1 Å². The molecule has 1 heterocycles. The molecule has 1 aromatic rings. The van der Waals surface area contributed by atoms with Crippen LogP contribution in [0.3, 0.4) is 0 Å². The molecule has 0 saturated heterocycles. The van der Waals surface area contributed by atoms with Crippen LogP contribution in [0.2, 0.25) is 0 Å². The predicted molar refractivity (Wildman–Crippen MR) is 67.6 cm³/mol. The van der Waals surface area contributed by atoms with E-state index in [2.05, 4.69) is 28.5 Å². The van der Waals surface area contributed by atoms with Crippen LogP contribution in [0.25, 0.3) is 0 Å². The first-order chi connectivity index (χ1) is 7.26. The molecule has 1 aromatic heterocycles. The maximum absolute atomic E-state index is 4.35. The molecule has 4 heteroatoms. The second kappa shape index (κ2) is 6.67. The summed E-state index contributed by atoms with van der Waals surface area (Å²) in [7, 11) is 0. The lowest BCUT2D eigenvalue weighted by molar-refractivity contribution is 0.926. The normalized spacial score (nSPS) is 10.3. The van der Waals surface area contributed by atoms with Crippen LogP contribution in [0.5, 0.6) is 0 Å². The van der Waals surface area contributed by atoms with Crippen LogP contribution in [0.15, 0.2) is 6.07 Å². The minimum absolute atomic E-state index is 0.849. The van der Waals surface area contributed by atoms with Gasteiger partial charge in [0.2, 0.25) is 0 Å². The van der Waals surface area contributed by atoms with Gasteiger partial charge in [0.1, 0.15) is 11.6 Å². The van der Waals surface area contributed by atoms with Crippen molar-refractivity contribution in [3.05, 3.63) is 17.6 Å². The lowest BCUT2D eigenvalue weighted by Crippen LogP contribution is -2.06. The van der Waals surface area contributed by atoms with Gasteiger partial charge in [-0.15, -0.1) is 0 Å². The zero-order valence-electron chi connectivity index (χ0n) is 9.71. The summed E-state index contributed by atoms with van der Waals surface area (Å²) in [6, 6.07) is 2.03. The summed E-state index contributed by atoms with van der Waals surface area (Å²) < 4.78 is 0. The fraction of sp³-hybridized carbons (Fsp3) is 0.636. The van der Waals surface area contributed by atoms with Gasteiger partial charge < -0.3 is 5.32 Å². The molecule has 0 saturated carbocycles. The molecule has 0 aliphatic rings. The third kappa shape index (κ3) is 4.51. The molecule has 1 rings (SSSR count). The topological polar surface area (TPSA) is 37.8 Å². The molecule has 3 nitrogen and oxygen atoms in total. The highest BCUT2D eigenvalue weighted by molar-refractivity contribution is 7.98. The molecule has 0 radical (unpaired) electrons. The Morgan fingerprint density at radius 2 is 2.20 bits per heavy atom. The first-order valence-electron chi connectivity index (χ1n) is 5.33. The second-order valence-corrected chi connectivity index (χ2v) is 4.40. The lowest BCUT2D eigenvalue weighted by atomic mass is 10.3. The van der Waals surface area contributed by atoms with Crippen LogP contribution in [0.4, 0.5) is 5.82 Å². The van der Waals surface area contributed by atoms with E-state index in [1.165, 1.54) is 12.2 Å². The van der Waals surface area contributed by atoms with Crippen molar-refractivity contribution in [1.82, 2.24) is 9.97 Å². The largest absolute Gasteiger partial charge is 0.370 e.